The molecule has 10 nitrogen and oxygen atoms in total. The zero-order chi connectivity index (χ0) is 28.7. The molecule has 1 fully saturated rings. The standard InChI is InChI=1S/C27H17ClF2N10/c28-21-5-17(4-20-24(16(8-32)11-34-26(20)21)37-18-6-22(29)27(30)35-12-18)36-25(15-3-14(7-31)9-33-10-15)23-13-40(39-38-23)19-1-2-19/h3-6,9-13,19,25,36H,1-2H2,(H,34,37)/t25-/m0/s1/i25D. The number of halogens is 3. The Morgan fingerprint density at radius 1 is 1.05 bits per heavy atom. The third-order valence-corrected chi connectivity index (χ3v) is 6.51. The second-order valence-corrected chi connectivity index (χ2v) is 9.43. The molecule has 0 spiro atoms. The lowest BCUT2D eigenvalue weighted by atomic mass is 10.0. The summed E-state index contributed by atoms with van der Waals surface area (Å²) >= 11 is 6.62. The Balaban J connectivity index is 1.49. The van der Waals surface area contributed by atoms with E-state index in [0.29, 0.717) is 22.2 Å². The monoisotopic (exact) mass is 555 g/mol. The molecule has 1 atom stereocenters. The van der Waals surface area contributed by atoms with E-state index in [4.69, 9.17) is 11.6 Å². The first-order chi connectivity index (χ1) is 19.8. The van der Waals surface area contributed by atoms with Gasteiger partial charge in [0.15, 0.2) is 5.82 Å². The van der Waals surface area contributed by atoms with E-state index in [1.54, 1.807) is 23.0 Å². The molecular formula is C27H17ClF2N10. The topological polar surface area (TPSA) is 141 Å². The predicted molar refractivity (Wildman–Crippen MR) is 142 cm³/mol. The van der Waals surface area contributed by atoms with Crippen molar-refractivity contribution in [2.45, 2.75) is 24.9 Å². The molecule has 40 heavy (non-hydrogen) atoms. The number of pyridine rings is 3. The van der Waals surface area contributed by atoms with Gasteiger partial charge in [0.2, 0.25) is 5.95 Å². The molecular weight excluding hydrogens is 538 g/mol. The number of hydrogen-bond acceptors (Lipinski definition) is 9. The van der Waals surface area contributed by atoms with E-state index in [0.717, 1.165) is 25.1 Å². The summed E-state index contributed by atoms with van der Waals surface area (Å²) in [6.07, 6.45) is 8.84. The highest BCUT2D eigenvalue weighted by atomic mass is 35.5. The van der Waals surface area contributed by atoms with E-state index in [2.05, 4.69) is 35.9 Å². The molecule has 1 aliphatic rings. The second kappa shape index (κ2) is 10.2. The number of benzene rings is 1. The van der Waals surface area contributed by atoms with Gasteiger partial charge in [0.05, 0.1) is 58.9 Å². The Morgan fingerprint density at radius 3 is 2.65 bits per heavy atom. The van der Waals surface area contributed by atoms with Crippen LogP contribution in [0.5, 0.6) is 0 Å². The van der Waals surface area contributed by atoms with E-state index in [1.165, 1.54) is 24.7 Å². The minimum absolute atomic E-state index is 0.0910. The first kappa shape index (κ1) is 23.9. The van der Waals surface area contributed by atoms with Crippen molar-refractivity contribution in [3.05, 3.63) is 94.4 Å². The fourth-order valence-corrected chi connectivity index (χ4v) is 4.43. The number of nitrogens with zero attached hydrogens (tertiary/aromatic N) is 8. The van der Waals surface area contributed by atoms with Crippen LogP contribution >= 0.6 is 11.6 Å². The maximum absolute atomic E-state index is 13.9. The third-order valence-electron chi connectivity index (χ3n) is 6.22. The van der Waals surface area contributed by atoms with Crippen molar-refractivity contribution in [2.24, 2.45) is 0 Å². The Bertz CT molecular complexity index is 1910. The van der Waals surface area contributed by atoms with Gasteiger partial charge >= 0.3 is 0 Å². The molecule has 4 aromatic heterocycles. The second-order valence-electron chi connectivity index (χ2n) is 9.02. The molecule has 0 amide bonds. The van der Waals surface area contributed by atoms with Crippen molar-refractivity contribution in [2.75, 3.05) is 10.6 Å². The van der Waals surface area contributed by atoms with E-state index >= 15 is 0 Å². The van der Waals surface area contributed by atoms with Crippen LogP contribution < -0.4 is 10.6 Å². The van der Waals surface area contributed by atoms with Crippen molar-refractivity contribution in [3.8, 4) is 12.1 Å². The molecule has 0 radical (unpaired) electrons. The van der Waals surface area contributed by atoms with Gasteiger partial charge in [-0.1, -0.05) is 16.8 Å². The normalized spacial score (nSPS) is 14.6. The molecule has 4 heterocycles. The number of nitrogens with one attached hydrogen (secondary N) is 2. The van der Waals surface area contributed by atoms with Crippen molar-refractivity contribution in [1.29, 1.82) is 10.5 Å². The molecule has 0 saturated heterocycles. The van der Waals surface area contributed by atoms with Crippen LogP contribution in [0.3, 0.4) is 0 Å². The predicted octanol–water partition coefficient (Wildman–Crippen LogP) is 5.57. The average molecular weight is 556 g/mol. The van der Waals surface area contributed by atoms with Gasteiger partial charge in [0.1, 0.15) is 17.8 Å². The molecule has 0 aliphatic heterocycles. The van der Waals surface area contributed by atoms with Gasteiger partial charge in [-0.2, -0.15) is 14.9 Å². The van der Waals surface area contributed by atoms with Crippen LogP contribution in [0, 0.1) is 34.4 Å². The Morgan fingerprint density at radius 2 is 1.90 bits per heavy atom. The molecule has 0 bridgehead atoms. The van der Waals surface area contributed by atoms with Crippen LogP contribution in [0.15, 0.2) is 55.2 Å². The van der Waals surface area contributed by atoms with Crippen LogP contribution in [0.25, 0.3) is 10.9 Å². The summed E-state index contributed by atoms with van der Waals surface area (Å²) in [7, 11) is 0. The van der Waals surface area contributed by atoms with Crippen LogP contribution in [0.1, 0.15) is 48.7 Å². The fraction of sp³-hybridized carbons (Fsp3) is 0.148. The summed E-state index contributed by atoms with van der Waals surface area (Å²) in [6.45, 7) is 0. The highest BCUT2D eigenvalue weighted by molar-refractivity contribution is 6.36. The van der Waals surface area contributed by atoms with Gasteiger partial charge < -0.3 is 10.6 Å². The Hall–Kier alpha value is -5.20. The van der Waals surface area contributed by atoms with Crippen LogP contribution in [-0.4, -0.2) is 29.9 Å². The molecule has 1 aliphatic carbocycles. The lowest BCUT2D eigenvalue weighted by Crippen LogP contribution is -2.14. The summed E-state index contributed by atoms with van der Waals surface area (Å²) in [5.41, 5.74) is 1.90. The number of aromatic nitrogens is 6. The van der Waals surface area contributed by atoms with Crippen LogP contribution in [-0.2, 0) is 0 Å². The van der Waals surface area contributed by atoms with E-state index in [-0.39, 0.29) is 39.3 Å². The fourth-order valence-electron chi connectivity index (χ4n) is 4.16. The molecule has 6 rings (SSSR count). The highest BCUT2D eigenvalue weighted by Gasteiger charge is 2.27. The van der Waals surface area contributed by atoms with Crippen LogP contribution in [0.2, 0.25) is 5.02 Å². The third kappa shape index (κ3) is 4.84. The van der Waals surface area contributed by atoms with E-state index < -0.39 is 17.8 Å². The van der Waals surface area contributed by atoms with E-state index in [9.17, 15) is 20.7 Å². The van der Waals surface area contributed by atoms with Gasteiger partial charge in [-0.15, -0.1) is 5.10 Å². The molecule has 13 heteroatoms. The summed E-state index contributed by atoms with van der Waals surface area (Å²) in [4.78, 5) is 11.8. The Kier molecular flexibility index (Phi) is 6.07. The number of anilines is 3. The quantitative estimate of drug-likeness (QED) is 0.246. The number of nitriles is 2. The minimum atomic E-state index is -1.76. The van der Waals surface area contributed by atoms with Gasteiger partial charge in [0.25, 0.3) is 0 Å². The minimum Gasteiger partial charge on any atom is -0.373 e. The van der Waals surface area contributed by atoms with Gasteiger partial charge in [0, 0.05) is 41.3 Å². The highest BCUT2D eigenvalue weighted by Crippen LogP contribution is 2.38. The van der Waals surface area contributed by atoms with Gasteiger partial charge in [-0.05, 0) is 31.0 Å². The Labute approximate surface area is 232 Å². The molecule has 5 aromatic rings. The van der Waals surface area contributed by atoms with E-state index in [1.807, 2.05) is 12.1 Å². The van der Waals surface area contributed by atoms with Crippen molar-refractivity contribution in [1.82, 2.24) is 29.9 Å². The summed E-state index contributed by atoms with van der Waals surface area (Å²) in [5, 5.41) is 34.3. The summed E-state index contributed by atoms with van der Waals surface area (Å²) in [5.74, 6) is -2.43. The lowest BCUT2D eigenvalue weighted by Gasteiger charge is -2.20. The first-order valence-electron chi connectivity index (χ1n) is 12.5. The molecule has 1 saturated carbocycles. The number of fused-ring (bicyclic) bond motifs is 1. The van der Waals surface area contributed by atoms with Gasteiger partial charge in [-0.3, -0.25) is 9.97 Å². The van der Waals surface area contributed by atoms with Gasteiger partial charge in [-0.25, -0.2) is 14.1 Å². The zero-order valence-electron chi connectivity index (χ0n) is 21.4. The summed E-state index contributed by atoms with van der Waals surface area (Å²) in [6, 6.07) is 8.13. The van der Waals surface area contributed by atoms with Crippen molar-refractivity contribution >= 4 is 39.6 Å². The maximum atomic E-state index is 13.9. The number of hydrogen-bond donors (Lipinski definition) is 2. The van der Waals surface area contributed by atoms with Crippen molar-refractivity contribution < 1.29 is 10.2 Å². The first-order valence-corrected chi connectivity index (χ1v) is 12.3. The largest absolute Gasteiger partial charge is 0.373 e. The SMILES string of the molecule is [2H][C@](Nc1cc(Cl)c2ncc(C#N)c(Nc3cnc(F)c(F)c3)c2c1)(c1cncc(C#N)c1)c1cn(C2CC2)nn1. The summed E-state index contributed by atoms with van der Waals surface area (Å²) < 4.78 is 38.5. The zero-order valence-corrected chi connectivity index (χ0v) is 21.2. The molecule has 1 aromatic carbocycles. The average Bonchev–Trinajstić information content (AvgIpc) is 3.70. The van der Waals surface area contributed by atoms with Crippen molar-refractivity contribution in [3.63, 3.8) is 0 Å². The lowest BCUT2D eigenvalue weighted by molar-refractivity contribution is 0.480. The smallest absolute Gasteiger partial charge is 0.249 e. The number of rotatable bonds is 7. The molecule has 0 unspecified atom stereocenters. The maximum Gasteiger partial charge on any atom is 0.249 e. The molecule has 196 valence electrons. The molecule has 2 N–H and O–H groups in total. The van der Waals surface area contributed by atoms with Crippen LogP contribution in [0.4, 0.5) is 25.8 Å².